The van der Waals surface area contributed by atoms with Gasteiger partial charge in [-0.1, -0.05) is 0 Å². The molecule has 1 heterocycles. The molecule has 1 aromatic rings. The van der Waals surface area contributed by atoms with Crippen molar-refractivity contribution < 1.29 is 5.11 Å². The van der Waals surface area contributed by atoms with Gasteiger partial charge in [-0.05, 0) is 20.1 Å². The third kappa shape index (κ3) is 2.00. The van der Waals surface area contributed by atoms with Gasteiger partial charge in [-0.25, -0.2) is 4.98 Å². The van der Waals surface area contributed by atoms with Crippen molar-refractivity contribution in [3.63, 3.8) is 0 Å². The van der Waals surface area contributed by atoms with E-state index in [1.807, 2.05) is 0 Å². The maximum Gasteiger partial charge on any atom is 0.108 e. The van der Waals surface area contributed by atoms with Gasteiger partial charge in [0.25, 0.3) is 0 Å². The summed E-state index contributed by atoms with van der Waals surface area (Å²) in [7, 11) is 0. The molecule has 1 aromatic heterocycles. The Balaban J connectivity index is 2.88. The van der Waals surface area contributed by atoms with Gasteiger partial charge in [-0.2, -0.15) is 11.8 Å². The van der Waals surface area contributed by atoms with E-state index in [0.29, 0.717) is 0 Å². The van der Waals surface area contributed by atoms with Gasteiger partial charge >= 0.3 is 0 Å². The SMILES string of the molecule is CSC(C)(C)c1ncc(CO)s1. The molecular formula is C8H13NOS2. The van der Waals surface area contributed by atoms with Crippen LogP contribution in [0.15, 0.2) is 6.20 Å². The van der Waals surface area contributed by atoms with E-state index < -0.39 is 0 Å². The third-order valence-electron chi connectivity index (χ3n) is 1.73. The highest BCUT2D eigenvalue weighted by molar-refractivity contribution is 7.99. The number of aliphatic hydroxyl groups excluding tert-OH is 1. The standard InChI is InChI=1S/C8H13NOS2/c1-8(2,11-3)7-9-4-6(5-10)12-7/h4,10H,5H2,1-3H3. The summed E-state index contributed by atoms with van der Waals surface area (Å²) in [5, 5.41) is 9.94. The van der Waals surface area contributed by atoms with Crippen molar-refractivity contribution in [2.75, 3.05) is 6.26 Å². The zero-order chi connectivity index (χ0) is 9.19. The smallest absolute Gasteiger partial charge is 0.108 e. The molecule has 0 bridgehead atoms. The fraction of sp³-hybridized carbons (Fsp3) is 0.625. The molecule has 1 rings (SSSR count). The van der Waals surface area contributed by atoms with Gasteiger partial charge in [0.15, 0.2) is 0 Å². The average molecular weight is 203 g/mol. The number of aromatic nitrogens is 1. The molecule has 0 aliphatic carbocycles. The quantitative estimate of drug-likeness (QED) is 0.818. The molecule has 2 nitrogen and oxygen atoms in total. The monoisotopic (exact) mass is 203 g/mol. The molecule has 1 N–H and O–H groups in total. The van der Waals surface area contributed by atoms with Gasteiger partial charge in [0, 0.05) is 6.20 Å². The summed E-state index contributed by atoms with van der Waals surface area (Å²) < 4.78 is 0.0675. The lowest BCUT2D eigenvalue weighted by atomic mass is 10.2. The highest BCUT2D eigenvalue weighted by Gasteiger charge is 2.22. The van der Waals surface area contributed by atoms with Crippen LogP contribution in [0.3, 0.4) is 0 Å². The van der Waals surface area contributed by atoms with Crippen LogP contribution in [0.4, 0.5) is 0 Å². The van der Waals surface area contributed by atoms with Gasteiger partial charge in [-0.15, -0.1) is 11.3 Å². The molecule has 0 radical (unpaired) electrons. The maximum absolute atomic E-state index is 8.85. The van der Waals surface area contributed by atoms with E-state index in [1.165, 1.54) is 0 Å². The van der Waals surface area contributed by atoms with E-state index in [9.17, 15) is 0 Å². The third-order valence-corrected chi connectivity index (χ3v) is 4.38. The van der Waals surface area contributed by atoms with Crippen molar-refractivity contribution in [2.24, 2.45) is 0 Å². The van der Waals surface area contributed by atoms with E-state index in [1.54, 1.807) is 29.3 Å². The predicted octanol–water partition coefficient (Wildman–Crippen LogP) is 2.23. The van der Waals surface area contributed by atoms with Crippen LogP contribution >= 0.6 is 23.1 Å². The van der Waals surface area contributed by atoms with Crippen LogP contribution in [0.25, 0.3) is 0 Å². The van der Waals surface area contributed by atoms with Gasteiger partial charge < -0.3 is 5.11 Å². The first-order chi connectivity index (χ1) is 5.60. The molecule has 4 heteroatoms. The zero-order valence-electron chi connectivity index (χ0n) is 7.50. The van der Waals surface area contributed by atoms with E-state index in [-0.39, 0.29) is 11.4 Å². The first-order valence-electron chi connectivity index (χ1n) is 3.71. The first kappa shape index (κ1) is 10.0. The highest BCUT2D eigenvalue weighted by atomic mass is 32.2. The topological polar surface area (TPSA) is 33.1 Å². The molecule has 12 heavy (non-hydrogen) atoms. The highest BCUT2D eigenvalue weighted by Crippen LogP contribution is 2.35. The number of hydrogen-bond acceptors (Lipinski definition) is 4. The molecule has 0 saturated carbocycles. The van der Waals surface area contributed by atoms with Crippen LogP contribution in [0.5, 0.6) is 0 Å². The summed E-state index contributed by atoms with van der Waals surface area (Å²) >= 11 is 3.35. The van der Waals surface area contributed by atoms with Crippen molar-refractivity contribution in [3.05, 3.63) is 16.1 Å². The van der Waals surface area contributed by atoms with Gasteiger partial charge in [0.1, 0.15) is 5.01 Å². The molecule has 0 amide bonds. The van der Waals surface area contributed by atoms with Crippen LogP contribution in [0.2, 0.25) is 0 Å². The molecule has 0 aliphatic rings. The first-order valence-corrected chi connectivity index (χ1v) is 5.75. The second-order valence-corrected chi connectivity index (χ2v) is 5.55. The van der Waals surface area contributed by atoms with Crippen LogP contribution in [-0.2, 0) is 11.4 Å². The zero-order valence-corrected chi connectivity index (χ0v) is 9.13. The Labute approximate surface area is 81.0 Å². The van der Waals surface area contributed by atoms with E-state index in [2.05, 4.69) is 25.1 Å². The minimum Gasteiger partial charge on any atom is -0.391 e. The van der Waals surface area contributed by atoms with Gasteiger partial charge in [0.05, 0.1) is 16.2 Å². The molecular weight excluding hydrogens is 190 g/mol. The molecule has 0 spiro atoms. The molecule has 68 valence electrons. The van der Waals surface area contributed by atoms with Crippen molar-refractivity contribution in [1.29, 1.82) is 0 Å². The number of aliphatic hydroxyl groups is 1. The minimum absolute atomic E-state index is 0.0675. The molecule has 0 saturated heterocycles. The van der Waals surface area contributed by atoms with Crippen molar-refractivity contribution in [1.82, 2.24) is 4.98 Å². The number of thiazole rings is 1. The Morgan fingerprint density at radius 2 is 2.33 bits per heavy atom. The van der Waals surface area contributed by atoms with Crippen LogP contribution in [0, 0.1) is 0 Å². The molecule has 0 fully saturated rings. The van der Waals surface area contributed by atoms with E-state index in [0.717, 1.165) is 9.88 Å². The Morgan fingerprint density at radius 1 is 1.67 bits per heavy atom. The Kier molecular flexibility index (Phi) is 3.15. The molecule has 0 unspecified atom stereocenters. The fourth-order valence-electron chi connectivity index (χ4n) is 0.746. The summed E-state index contributed by atoms with van der Waals surface area (Å²) in [6.45, 7) is 4.37. The fourth-order valence-corrected chi connectivity index (χ4v) is 2.12. The average Bonchev–Trinajstić information content (AvgIpc) is 2.52. The van der Waals surface area contributed by atoms with Crippen molar-refractivity contribution in [2.45, 2.75) is 25.2 Å². The van der Waals surface area contributed by atoms with Crippen LogP contribution in [-0.4, -0.2) is 16.3 Å². The molecule has 0 aromatic carbocycles. The van der Waals surface area contributed by atoms with Gasteiger partial charge in [-0.3, -0.25) is 0 Å². The lowest BCUT2D eigenvalue weighted by Gasteiger charge is -2.17. The van der Waals surface area contributed by atoms with E-state index in [4.69, 9.17) is 5.11 Å². The maximum atomic E-state index is 8.85. The summed E-state index contributed by atoms with van der Waals surface area (Å²) in [5.41, 5.74) is 0. The second-order valence-electron chi connectivity index (χ2n) is 3.00. The Bertz CT molecular complexity index is 257. The largest absolute Gasteiger partial charge is 0.391 e. The Morgan fingerprint density at radius 3 is 2.75 bits per heavy atom. The summed E-state index contributed by atoms with van der Waals surface area (Å²) in [6, 6.07) is 0. The molecule has 0 aliphatic heterocycles. The van der Waals surface area contributed by atoms with Crippen LogP contribution in [0.1, 0.15) is 23.7 Å². The van der Waals surface area contributed by atoms with Crippen molar-refractivity contribution in [3.8, 4) is 0 Å². The lowest BCUT2D eigenvalue weighted by Crippen LogP contribution is -2.09. The second kappa shape index (κ2) is 3.77. The summed E-state index contributed by atoms with van der Waals surface area (Å²) in [5.74, 6) is 0. The number of thioether (sulfide) groups is 1. The van der Waals surface area contributed by atoms with Crippen LogP contribution < -0.4 is 0 Å². The van der Waals surface area contributed by atoms with Gasteiger partial charge in [0.2, 0.25) is 0 Å². The Hall–Kier alpha value is -0.0600. The lowest BCUT2D eigenvalue weighted by molar-refractivity contribution is 0.285. The number of hydrogen-bond donors (Lipinski definition) is 1. The van der Waals surface area contributed by atoms with Crippen molar-refractivity contribution >= 4 is 23.1 Å². The summed E-state index contributed by atoms with van der Waals surface area (Å²) in [6.07, 6.45) is 3.82. The number of nitrogens with zero attached hydrogens (tertiary/aromatic N) is 1. The number of rotatable bonds is 3. The molecule has 0 atom stereocenters. The predicted molar refractivity (Wildman–Crippen MR) is 54.6 cm³/mol. The summed E-state index contributed by atoms with van der Waals surface area (Å²) in [4.78, 5) is 5.20. The van der Waals surface area contributed by atoms with E-state index >= 15 is 0 Å². The minimum atomic E-state index is 0.0675. The normalized spacial score (nSPS) is 12.0.